The van der Waals surface area contributed by atoms with Gasteiger partial charge in [-0.2, -0.15) is 0 Å². The van der Waals surface area contributed by atoms with E-state index in [2.05, 4.69) is 5.32 Å². The molecule has 7 heteroatoms. The molecule has 144 valence electrons. The molecule has 1 saturated heterocycles. The van der Waals surface area contributed by atoms with Crippen LogP contribution in [0.2, 0.25) is 0 Å². The summed E-state index contributed by atoms with van der Waals surface area (Å²) < 4.78 is 5.41. The quantitative estimate of drug-likeness (QED) is 0.866. The first-order chi connectivity index (χ1) is 13.6. The van der Waals surface area contributed by atoms with Crippen molar-refractivity contribution in [2.45, 2.75) is 19.3 Å². The zero-order valence-electron chi connectivity index (χ0n) is 15.4. The molecule has 2 aromatic rings. The Bertz CT molecular complexity index is 910. The zero-order chi connectivity index (χ0) is 19.5. The van der Waals surface area contributed by atoms with Crippen LogP contribution < -0.4 is 19.9 Å². The van der Waals surface area contributed by atoms with Crippen molar-refractivity contribution in [3.63, 3.8) is 0 Å². The van der Waals surface area contributed by atoms with Crippen molar-refractivity contribution in [2.24, 2.45) is 0 Å². The van der Waals surface area contributed by atoms with Gasteiger partial charge in [0, 0.05) is 37.3 Å². The Kier molecular flexibility index (Phi) is 4.97. The first-order valence-corrected chi connectivity index (χ1v) is 9.34. The molecular formula is C21H21N3O4. The maximum absolute atomic E-state index is 12.3. The third-order valence-electron chi connectivity index (χ3n) is 4.91. The van der Waals surface area contributed by atoms with Crippen molar-refractivity contribution >= 4 is 34.8 Å². The SMILES string of the molecule is O=C(CCN1C(=O)COc2ccccc21)Nc1ccc(N2CCCC2=O)cc1. The third kappa shape index (κ3) is 3.69. The summed E-state index contributed by atoms with van der Waals surface area (Å²) >= 11 is 0. The van der Waals surface area contributed by atoms with Crippen LogP contribution in [0.4, 0.5) is 17.1 Å². The molecule has 7 nitrogen and oxygen atoms in total. The van der Waals surface area contributed by atoms with Gasteiger partial charge in [-0.3, -0.25) is 14.4 Å². The number of amides is 3. The lowest BCUT2D eigenvalue weighted by Crippen LogP contribution is -2.40. The molecule has 2 aliphatic rings. The Balaban J connectivity index is 1.35. The number of ether oxygens (including phenoxy) is 1. The fraction of sp³-hybridized carbons (Fsp3) is 0.286. The number of fused-ring (bicyclic) bond motifs is 1. The van der Waals surface area contributed by atoms with E-state index in [1.54, 1.807) is 21.9 Å². The monoisotopic (exact) mass is 379 g/mol. The first-order valence-electron chi connectivity index (χ1n) is 9.34. The number of anilines is 3. The summed E-state index contributed by atoms with van der Waals surface area (Å²) in [5.74, 6) is 0.440. The van der Waals surface area contributed by atoms with E-state index in [4.69, 9.17) is 4.74 Å². The third-order valence-corrected chi connectivity index (χ3v) is 4.91. The molecule has 0 aromatic heterocycles. The molecule has 0 aliphatic carbocycles. The van der Waals surface area contributed by atoms with Gasteiger partial charge in [0.05, 0.1) is 5.69 Å². The summed E-state index contributed by atoms with van der Waals surface area (Å²) in [7, 11) is 0. The second-order valence-corrected chi connectivity index (χ2v) is 6.80. The molecule has 0 spiro atoms. The van der Waals surface area contributed by atoms with E-state index in [1.807, 2.05) is 36.4 Å². The molecular weight excluding hydrogens is 358 g/mol. The van der Waals surface area contributed by atoms with E-state index >= 15 is 0 Å². The maximum Gasteiger partial charge on any atom is 0.265 e. The number of carbonyl (C=O) groups excluding carboxylic acids is 3. The standard InChI is InChI=1S/C21H21N3O4/c25-19(11-13-24-17-4-1-2-5-18(17)28-14-21(24)27)22-15-7-9-16(10-8-15)23-12-3-6-20(23)26/h1-2,4-5,7-10H,3,6,11-14H2,(H,22,25). The highest BCUT2D eigenvalue weighted by atomic mass is 16.5. The lowest BCUT2D eigenvalue weighted by molar-refractivity contribution is -0.121. The number of carbonyl (C=O) groups is 3. The van der Waals surface area contributed by atoms with Gasteiger partial charge in [-0.15, -0.1) is 0 Å². The molecule has 0 saturated carbocycles. The van der Waals surface area contributed by atoms with Gasteiger partial charge in [0.15, 0.2) is 6.61 Å². The molecule has 4 rings (SSSR count). The van der Waals surface area contributed by atoms with Gasteiger partial charge >= 0.3 is 0 Å². The van der Waals surface area contributed by atoms with Gasteiger partial charge in [0.25, 0.3) is 5.91 Å². The number of rotatable bonds is 5. The van der Waals surface area contributed by atoms with Crippen LogP contribution in [-0.4, -0.2) is 37.4 Å². The Labute approximate surface area is 162 Å². The number of hydrogen-bond donors (Lipinski definition) is 1. The molecule has 0 unspecified atom stereocenters. The van der Waals surface area contributed by atoms with Crippen LogP contribution in [0.5, 0.6) is 5.75 Å². The smallest absolute Gasteiger partial charge is 0.265 e. The van der Waals surface area contributed by atoms with Crippen molar-refractivity contribution in [3.8, 4) is 5.75 Å². The predicted molar refractivity (Wildman–Crippen MR) is 106 cm³/mol. The molecule has 0 atom stereocenters. The Morgan fingerprint density at radius 2 is 1.82 bits per heavy atom. The minimum atomic E-state index is -0.179. The van der Waals surface area contributed by atoms with Crippen molar-refractivity contribution in [3.05, 3.63) is 48.5 Å². The van der Waals surface area contributed by atoms with E-state index in [0.717, 1.165) is 18.7 Å². The van der Waals surface area contributed by atoms with Crippen LogP contribution in [-0.2, 0) is 14.4 Å². The van der Waals surface area contributed by atoms with Crippen LogP contribution in [0.15, 0.2) is 48.5 Å². The summed E-state index contributed by atoms with van der Waals surface area (Å²) in [6.45, 7) is 1.00. The number of nitrogens with zero attached hydrogens (tertiary/aromatic N) is 2. The second kappa shape index (κ2) is 7.72. The van der Waals surface area contributed by atoms with Crippen LogP contribution in [0, 0.1) is 0 Å². The molecule has 2 aromatic carbocycles. The van der Waals surface area contributed by atoms with E-state index in [0.29, 0.717) is 23.5 Å². The molecule has 0 radical (unpaired) electrons. The average molecular weight is 379 g/mol. The largest absolute Gasteiger partial charge is 0.482 e. The Morgan fingerprint density at radius 1 is 1.04 bits per heavy atom. The normalized spacial score (nSPS) is 16.0. The van der Waals surface area contributed by atoms with E-state index in [1.165, 1.54) is 0 Å². The van der Waals surface area contributed by atoms with E-state index in [-0.39, 0.29) is 37.3 Å². The number of nitrogens with one attached hydrogen (secondary N) is 1. The highest BCUT2D eigenvalue weighted by molar-refractivity contribution is 5.99. The minimum Gasteiger partial charge on any atom is -0.482 e. The lowest BCUT2D eigenvalue weighted by atomic mass is 10.2. The molecule has 1 fully saturated rings. The Morgan fingerprint density at radius 3 is 2.57 bits per heavy atom. The second-order valence-electron chi connectivity index (χ2n) is 6.80. The average Bonchev–Trinajstić information content (AvgIpc) is 3.14. The van der Waals surface area contributed by atoms with Gasteiger partial charge < -0.3 is 19.9 Å². The van der Waals surface area contributed by atoms with Gasteiger partial charge in [0.1, 0.15) is 5.75 Å². The van der Waals surface area contributed by atoms with Crippen molar-refractivity contribution in [1.82, 2.24) is 0 Å². The van der Waals surface area contributed by atoms with Gasteiger partial charge in [-0.05, 0) is 42.8 Å². The van der Waals surface area contributed by atoms with Crippen molar-refractivity contribution in [2.75, 3.05) is 34.8 Å². The molecule has 3 amide bonds. The molecule has 2 aliphatic heterocycles. The summed E-state index contributed by atoms with van der Waals surface area (Å²) in [4.78, 5) is 39.6. The number of hydrogen-bond acceptors (Lipinski definition) is 4. The number of para-hydroxylation sites is 2. The predicted octanol–water partition coefficient (Wildman–Crippen LogP) is 2.57. The number of benzene rings is 2. The minimum absolute atomic E-state index is 0.0185. The molecule has 0 bridgehead atoms. The topological polar surface area (TPSA) is 79.0 Å². The highest BCUT2D eigenvalue weighted by Crippen LogP contribution is 2.31. The van der Waals surface area contributed by atoms with Gasteiger partial charge in [-0.25, -0.2) is 0 Å². The van der Waals surface area contributed by atoms with Crippen LogP contribution in [0.3, 0.4) is 0 Å². The zero-order valence-corrected chi connectivity index (χ0v) is 15.4. The highest BCUT2D eigenvalue weighted by Gasteiger charge is 2.25. The van der Waals surface area contributed by atoms with Crippen molar-refractivity contribution in [1.29, 1.82) is 0 Å². The van der Waals surface area contributed by atoms with E-state index < -0.39 is 0 Å². The maximum atomic E-state index is 12.3. The summed E-state index contributed by atoms with van der Waals surface area (Å²) in [5.41, 5.74) is 2.19. The van der Waals surface area contributed by atoms with Gasteiger partial charge in [-0.1, -0.05) is 12.1 Å². The molecule has 28 heavy (non-hydrogen) atoms. The van der Waals surface area contributed by atoms with Gasteiger partial charge in [0.2, 0.25) is 11.8 Å². The van der Waals surface area contributed by atoms with E-state index in [9.17, 15) is 14.4 Å². The van der Waals surface area contributed by atoms with Crippen LogP contribution in [0.25, 0.3) is 0 Å². The fourth-order valence-corrected chi connectivity index (χ4v) is 3.48. The lowest BCUT2D eigenvalue weighted by Gasteiger charge is -2.29. The van der Waals surface area contributed by atoms with Crippen LogP contribution >= 0.6 is 0 Å². The Hall–Kier alpha value is -3.35. The van der Waals surface area contributed by atoms with Crippen LogP contribution in [0.1, 0.15) is 19.3 Å². The molecule has 1 N–H and O–H groups in total. The summed E-state index contributed by atoms with van der Waals surface area (Å²) in [5, 5.41) is 2.84. The summed E-state index contributed by atoms with van der Waals surface area (Å²) in [6, 6.07) is 14.5. The first kappa shape index (κ1) is 18.0. The van der Waals surface area contributed by atoms with Crippen molar-refractivity contribution < 1.29 is 19.1 Å². The fourth-order valence-electron chi connectivity index (χ4n) is 3.48. The summed E-state index contributed by atoms with van der Waals surface area (Å²) in [6.07, 6.45) is 1.63. The molecule has 2 heterocycles.